The van der Waals surface area contributed by atoms with E-state index in [2.05, 4.69) is 34.2 Å². The number of hydrogen-bond acceptors (Lipinski definition) is 5. The first kappa shape index (κ1) is 17.8. The van der Waals surface area contributed by atoms with E-state index in [-0.39, 0.29) is 17.4 Å². The van der Waals surface area contributed by atoms with Gasteiger partial charge in [0.05, 0.1) is 11.3 Å². The van der Waals surface area contributed by atoms with Crippen LogP contribution in [0.2, 0.25) is 0 Å². The van der Waals surface area contributed by atoms with Crippen LogP contribution in [0.15, 0.2) is 12.5 Å². The summed E-state index contributed by atoms with van der Waals surface area (Å²) in [5.41, 5.74) is 1.31. The summed E-state index contributed by atoms with van der Waals surface area (Å²) in [5.74, 6) is 0.121. The fourth-order valence-corrected chi connectivity index (χ4v) is 3.91. The van der Waals surface area contributed by atoms with Gasteiger partial charge >= 0.3 is 0 Å². The van der Waals surface area contributed by atoms with Crippen LogP contribution >= 0.6 is 0 Å². The number of amides is 2. The minimum absolute atomic E-state index is 0.0139. The molecule has 2 fully saturated rings. The lowest BCUT2D eigenvalue weighted by atomic mass is 9.86. The second-order valence-corrected chi connectivity index (χ2v) is 7.11. The zero-order chi connectivity index (χ0) is 17.9. The molecule has 0 saturated carbocycles. The Labute approximate surface area is 148 Å². The van der Waals surface area contributed by atoms with Crippen LogP contribution < -0.4 is 5.32 Å². The SMILES string of the molecule is CCCc1ncncc1C(=O)N1CCN(C)[C@]2(CCNC(=O)CC2)C1. The largest absolute Gasteiger partial charge is 0.356 e. The van der Waals surface area contributed by atoms with Crippen LogP contribution in [0.4, 0.5) is 0 Å². The van der Waals surface area contributed by atoms with Crippen molar-refractivity contribution in [1.29, 1.82) is 0 Å². The fourth-order valence-electron chi connectivity index (χ4n) is 3.91. The summed E-state index contributed by atoms with van der Waals surface area (Å²) in [6.45, 7) is 4.91. The highest BCUT2D eigenvalue weighted by atomic mass is 16.2. The predicted molar refractivity (Wildman–Crippen MR) is 94.2 cm³/mol. The zero-order valence-electron chi connectivity index (χ0n) is 15.1. The molecule has 25 heavy (non-hydrogen) atoms. The molecule has 1 N–H and O–H groups in total. The molecule has 3 rings (SSSR count). The lowest BCUT2D eigenvalue weighted by Crippen LogP contribution is -2.62. The second kappa shape index (κ2) is 7.47. The first-order chi connectivity index (χ1) is 12.1. The van der Waals surface area contributed by atoms with Gasteiger partial charge in [-0.05, 0) is 26.3 Å². The first-order valence-corrected chi connectivity index (χ1v) is 9.12. The third-order valence-electron chi connectivity index (χ3n) is 5.53. The summed E-state index contributed by atoms with van der Waals surface area (Å²) in [6, 6.07) is 0. The summed E-state index contributed by atoms with van der Waals surface area (Å²) < 4.78 is 0. The van der Waals surface area contributed by atoms with Crippen molar-refractivity contribution in [1.82, 2.24) is 25.1 Å². The van der Waals surface area contributed by atoms with E-state index >= 15 is 0 Å². The second-order valence-electron chi connectivity index (χ2n) is 7.11. The Hall–Kier alpha value is -2.02. The molecule has 2 aliphatic heterocycles. The summed E-state index contributed by atoms with van der Waals surface area (Å²) in [4.78, 5) is 37.5. The Morgan fingerprint density at radius 1 is 1.36 bits per heavy atom. The maximum Gasteiger partial charge on any atom is 0.257 e. The lowest BCUT2D eigenvalue weighted by molar-refractivity contribution is -0.121. The molecule has 1 atom stereocenters. The molecule has 1 aromatic heterocycles. The van der Waals surface area contributed by atoms with E-state index in [0.29, 0.717) is 31.6 Å². The van der Waals surface area contributed by atoms with Crippen LogP contribution in [0.3, 0.4) is 0 Å². The Kier molecular flexibility index (Phi) is 5.32. The van der Waals surface area contributed by atoms with E-state index in [1.54, 1.807) is 6.20 Å². The Morgan fingerprint density at radius 2 is 2.20 bits per heavy atom. The Bertz CT molecular complexity index is 650. The summed E-state index contributed by atoms with van der Waals surface area (Å²) in [5, 5.41) is 2.95. The molecule has 0 aliphatic carbocycles. The quantitative estimate of drug-likeness (QED) is 0.879. The van der Waals surface area contributed by atoms with E-state index < -0.39 is 0 Å². The topological polar surface area (TPSA) is 78.4 Å². The molecule has 1 aromatic rings. The highest BCUT2D eigenvalue weighted by Gasteiger charge is 2.42. The number of aromatic nitrogens is 2. The third kappa shape index (κ3) is 3.66. The highest BCUT2D eigenvalue weighted by molar-refractivity contribution is 5.95. The number of aryl methyl sites for hydroxylation is 1. The molecule has 136 valence electrons. The predicted octanol–water partition coefficient (Wildman–Crippen LogP) is 0.856. The molecule has 3 heterocycles. The van der Waals surface area contributed by atoms with Crippen molar-refractivity contribution in [3.63, 3.8) is 0 Å². The van der Waals surface area contributed by atoms with E-state index in [4.69, 9.17) is 0 Å². The van der Waals surface area contributed by atoms with Crippen molar-refractivity contribution < 1.29 is 9.59 Å². The van der Waals surface area contributed by atoms with Gasteiger partial charge < -0.3 is 10.2 Å². The van der Waals surface area contributed by atoms with Gasteiger partial charge in [-0.1, -0.05) is 13.3 Å². The standard InChI is InChI=1S/C18H27N5O2/c1-3-4-15-14(11-19-13-21-15)17(25)23-10-9-22(2)18(12-23)6-5-16(24)20-8-7-18/h11,13H,3-10,12H2,1-2H3,(H,20,24)/t18-/m1/s1. The number of likely N-dealkylation sites (N-methyl/N-ethyl adjacent to an activating group) is 1. The molecule has 2 aliphatic rings. The van der Waals surface area contributed by atoms with Crippen molar-refractivity contribution in [2.24, 2.45) is 0 Å². The third-order valence-corrected chi connectivity index (χ3v) is 5.53. The van der Waals surface area contributed by atoms with Gasteiger partial charge in [0.15, 0.2) is 0 Å². The van der Waals surface area contributed by atoms with Gasteiger partial charge in [-0.15, -0.1) is 0 Å². The van der Waals surface area contributed by atoms with Crippen LogP contribution in [0.25, 0.3) is 0 Å². The van der Waals surface area contributed by atoms with Crippen LogP contribution in [-0.4, -0.2) is 70.3 Å². The molecule has 7 nitrogen and oxygen atoms in total. The number of carbonyl (C=O) groups excluding carboxylic acids is 2. The van der Waals surface area contributed by atoms with Crippen molar-refractivity contribution in [2.75, 3.05) is 33.2 Å². The first-order valence-electron chi connectivity index (χ1n) is 9.12. The fraction of sp³-hybridized carbons (Fsp3) is 0.667. The normalized spacial score (nSPS) is 24.9. The smallest absolute Gasteiger partial charge is 0.257 e. The molecule has 2 amide bonds. The highest BCUT2D eigenvalue weighted by Crippen LogP contribution is 2.31. The molecule has 0 unspecified atom stereocenters. The molecule has 0 bridgehead atoms. The lowest BCUT2D eigenvalue weighted by Gasteiger charge is -2.49. The molecule has 7 heteroatoms. The summed E-state index contributed by atoms with van der Waals surface area (Å²) in [7, 11) is 2.10. The number of carbonyl (C=O) groups is 2. The van der Waals surface area contributed by atoms with Crippen molar-refractivity contribution in [2.45, 2.75) is 44.6 Å². The van der Waals surface area contributed by atoms with Gasteiger partial charge in [0.1, 0.15) is 6.33 Å². The monoisotopic (exact) mass is 345 g/mol. The van der Waals surface area contributed by atoms with Crippen molar-refractivity contribution in [3.8, 4) is 0 Å². The Morgan fingerprint density at radius 3 is 3.00 bits per heavy atom. The van der Waals surface area contributed by atoms with Gasteiger partial charge in [-0.25, -0.2) is 9.97 Å². The van der Waals surface area contributed by atoms with Gasteiger partial charge in [0.25, 0.3) is 5.91 Å². The van der Waals surface area contributed by atoms with Crippen LogP contribution in [0.1, 0.15) is 48.7 Å². The minimum Gasteiger partial charge on any atom is -0.356 e. The molecule has 0 aromatic carbocycles. The number of nitrogens with one attached hydrogen (secondary N) is 1. The van der Waals surface area contributed by atoms with Gasteiger partial charge in [0.2, 0.25) is 5.91 Å². The molecule has 0 radical (unpaired) electrons. The Balaban J connectivity index is 1.81. The van der Waals surface area contributed by atoms with Gasteiger partial charge in [-0.2, -0.15) is 0 Å². The van der Waals surface area contributed by atoms with Crippen molar-refractivity contribution >= 4 is 11.8 Å². The van der Waals surface area contributed by atoms with Gasteiger partial charge in [0, 0.05) is 44.3 Å². The summed E-state index contributed by atoms with van der Waals surface area (Å²) >= 11 is 0. The van der Waals surface area contributed by atoms with Crippen molar-refractivity contribution in [3.05, 3.63) is 23.8 Å². The number of piperazine rings is 1. The molecule has 2 saturated heterocycles. The molecule has 1 spiro atoms. The maximum atomic E-state index is 13.1. The average Bonchev–Trinajstić information content (AvgIpc) is 2.80. The maximum absolute atomic E-state index is 13.1. The van der Waals surface area contributed by atoms with E-state index in [1.807, 2.05) is 4.90 Å². The van der Waals surface area contributed by atoms with E-state index in [9.17, 15) is 9.59 Å². The van der Waals surface area contributed by atoms with E-state index in [0.717, 1.165) is 37.9 Å². The van der Waals surface area contributed by atoms with Gasteiger partial charge in [-0.3, -0.25) is 14.5 Å². The number of nitrogens with zero attached hydrogens (tertiary/aromatic N) is 4. The van der Waals surface area contributed by atoms with E-state index in [1.165, 1.54) is 6.33 Å². The average molecular weight is 345 g/mol. The number of rotatable bonds is 3. The summed E-state index contributed by atoms with van der Waals surface area (Å²) in [6.07, 6.45) is 7.04. The minimum atomic E-state index is -0.131. The molecular weight excluding hydrogens is 318 g/mol. The van der Waals surface area contributed by atoms with Crippen LogP contribution in [0.5, 0.6) is 0 Å². The molecular formula is C18H27N5O2. The van der Waals surface area contributed by atoms with Crippen LogP contribution in [0, 0.1) is 0 Å². The zero-order valence-corrected chi connectivity index (χ0v) is 15.1. The van der Waals surface area contributed by atoms with Crippen LogP contribution in [-0.2, 0) is 11.2 Å². The number of hydrogen-bond donors (Lipinski definition) is 1.